The minimum Gasteiger partial charge on any atom is -0.387 e. The van der Waals surface area contributed by atoms with E-state index in [1.807, 2.05) is 0 Å². The minimum atomic E-state index is -0.463. The first kappa shape index (κ1) is 15.3. The summed E-state index contributed by atoms with van der Waals surface area (Å²) in [6, 6.07) is 0. The van der Waals surface area contributed by atoms with Crippen molar-refractivity contribution in [1.29, 1.82) is 0 Å². The molecule has 0 spiro atoms. The molecule has 0 aromatic carbocycles. The summed E-state index contributed by atoms with van der Waals surface area (Å²) in [6.07, 6.45) is 0.950. The van der Waals surface area contributed by atoms with E-state index in [2.05, 4.69) is 31.4 Å². The highest BCUT2D eigenvalue weighted by atomic mass is 16.5. The number of ether oxygens (including phenoxy) is 1. The van der Waals surface area contributed by atoms with Crippen LogP contribution in [-0.2, 0) is 9.53 Å². The number of hydrogen-bond donors (Lipinski definition) is 3. The van der Waals surface area contributed by atoms with Crippen molar-refractivity contribution in [2.75, 3.05) is 32.9 Å². The molecule has 5 nitrogen and oxygen atoms in total. The summed E-state index contributed by atoms with van der Waals surface area (Å²) in [6.45, 7) is 8.45. The van der Waals surface area contributed by atoms with E-state index in [-0.39, 0.29) is 11.4 Å². The van der Waals surface area contributed by atoms with Gasteiger partial charge in [0, 0.05) is 18.7 Å². The molecule has 0 aliphatic rings. The van der Waals surface area contributed by atoms with Crippen molar-refractivity contribution in [2.24, 2.45) is 0 Å². The Labute approximate surface area is 97.6 Å². The van der Waals surface area contributed by atoms with Crippen LogP contribution in [0.3, 0.4) is 0 Å². The minimum absolute atomic E-state index is 0.148. The molecule has 0 radical (unpaired) electrons. The zero-order chi connectivity index (χ0) is 12.4. The van der Waals surface area contributed by atoms with Gasteiger partial charge in [0.25, 0.3) is 0 Å². The van der Waals surface area contributed by atoms with Crippen molar-refractivity contribution in [1.82, 2.24) is 10.6 Å². The van der Waals surface area contributed by atoms with Gasteiger partial charge in [0.05, 0.1) is 6.61 Å². The molecule has 0 fully saturated rings. The van der Waals surface area contributed by atoms with E-state index in [9.17, 15) is 4.79 Å². The second kappa shape index (κ2) is 8.50. The number of nitrogens with one attached hydrogen (secondary N) is 2. The summed E-state index contributed by atoms with van der Waals surface area (Å²) in [4.78, 5) is 10.6. The maximum atomic E-state index is 10.6. The Morgan fingerprint density at radius 1 is 1.25 bits per heavy atom. The van der Waals surface area contributed by atoms with Gasteiger partial charge in [-0.15, -0.1) is 0 Å². The fraction of sp³-hybridized carbons (Fsp3) is 0.909. The van der Waals surface area contributed by atoms with E-state index in [0.717, 1.165) is 13.0 Å². The van der Waals surface area contributed by atoms with Crippen molar-refractivity contribution in [3.8, 4) is 0 Å². The highest BCUT2D eigenvalue weighted by Gasteiger charge is 2.06. The summed E-state index contributed by atoms with van der Waals surface area (Å²) in [7, 11) is 0. The Morgan fingerprint density at radius 2 is 1.94 bits per heavy atom. The van der Waals surface area contributed by atoms with E-state index >= 15 is 0 Å². The van der Waals surface area contributed by atoms with Gasteiger partial charge in [-0.05, 0) is 33.7 Å². The normalized spacial score (nSPS) is 11.5. The zero-order valence-corrected chi connectivity index (χ0v) is 10.5. The highest BCUT2D eigenvalue weighted by Crippen LogP contribution is 1.97. The number of aliphatic hydroxyl groups excluding tert-OH is 1. The molecule has 0 aromatic rings. The van der Waals surface area contributed by atoms with E-state index in [0.29, 0.717) is 19.8 Å². The molecule has 5 heteroatoms. The molecule has 0 unspecified atom stereocenters. The predicted molar refractivity (Wildman–Crippen MR) is 63.3 cm³/mol. The first-order chi connectivity index (χ1) is 7.45. The number of carbonyl (C=O) groups excluding carboxylic acids is 1. The van der Waals surface area contributed by atoms with Crippen molar-refractivity contribution < 1.29 is 14.6 Å². The average molecular weight is 232 g/mol. The van der Waals surface area contributed by atoms with Gasteiger partial charge in [0.1, 0.15) is 6.61 Å². The van der Waals surface area contributed by atoms with Gasteiger partial charge >= 0.3 is 0 Å². The average Bonchev–Trinajstić information content (AvgIpc) is 2.20. The van der Waals surface area contributed by atoms with Crippen LogP contribution in [0.15, 0.2) is 0 Å². The Morgan fingerprint density at radius 3 is 2.50 bits per heavy atom. The summed E-state index contributed by atoms with van der Waals surface area (Å²) < 4.78 is 5.31. The molecule has 0 aromatic heterocycles. The fourth-order valence-corrected chi connectivity index (χ4v) is 1.06. The summed E-state index contributed by atoms with van der Waals surface area (Å²) >= 11 is 0. The molecule has 0 aliphatic heterocycles. The largest absolute Gasteiger partial charge is 0.387 e. The zero-order valence-electron chi connectivity index (χ0n) is 10.5. The molecule has 16 heavy (non-hydrogen) atoms. The summed E-state index contributed by atoms with van der Waals surface area (Å²) in [5, 5.41) is 14.3. The van der Waals surface area contributed by atoms with E-state index in [1.54, 1.807) is 0 Å². The molecule has 0 aliphatic carbocycles. The molecule has 0 saturated carbocycles. The molecule has 0 saturated heterocycles. The van der Waals surface area contributed by atoms with E-state index < -0.39 is 6.61 Å². The van der Waals surface area contributed by atoms with Crippen LogP contribution in [0, 0.1) is 0 Å². The molecule has 0 rings (SSSR count). The summed E-state index contributed by atoms with van der Waals surface area (Å²) in [5.74, 6) is -0.363. The van der Waals surface area contributed by atoms with Crippen molar-refractivity contribution in [3.63, 3.8) is 0 Å². The van der Waals surface area contributed by atoms with Crippen molar-refractivity contribution in [2.45, 2.75) is 32.7 Å². The van der Waals surface area contributed by atoms with Crippen LogP contribution in [0.2, 0.25) is 0 Å². The third-order valence-electron chi connectivity index (χ3n) is 1.83. The van der Waals surface area contributed by atoms with Crippen LogP contribution in [-0.4, -0.2) is 49.5 Å². The van der Waals surface area contributed by atoms with E-state index in [1.165, 1.54) is 0 Å². The second-order valence-corrected chi connectivity index (χ2v) is 4.65. The number of hydrogen-bond acceptors (Lipinski definition) is 4. The van der Waals surface area contributed by atoms with Gasteiger partial charge in [-0.25, -0.2) is 0 Å². The number of rotatable bonds is 8. The third kappa shape index (κ3) is 11.4. The Bertz CT molecular complexity index is 190. The molecular formula is C11H24N2O3. The quantitative estimate of drug-likeness (QED) is 0.511. The highest BCUT2D eigenvalue weighted by molar-refractivity contribution is 5.76. The van der Waals surface area contributed by atoms with Crippen LogP contribution in [0.4, 0.5) is 0 Å². The van der Waals surface area contributed by atoms with Crippen LogP contribution in [0.1, 0.15) is 27.2 Å². The fourth-order valence-electron chi connectivity index (χ4n) is 1.06. The third-order valence-corrected chi connectivity index (χ3v) is 1.83. The first-order valence-electron chi connectivity index (χ1n) is 5.66. The lowest BCUT2D eigenvalue weighted by Gasteiger charge is -2.20. The van der Waals surface area contributed by atoms with Gasteiger partial charge in [-0.2, -0.15) is 0 Å². The Balaban J connectivity index is 3.13. The number of carbonyl (C=O) groups is 1. The van der Waals surface area contributed by atoms with Gasteiger partial charge in [0.15, 0.2) is 0 Å². The SMILES string of the molecule is CC(C)(C)NCCCOCCNC(=O)CO. The van der Waals surface area contributed by atoms with Crippen LogP contribution in [0.5, 0.6) is 0 Å². The van der Waals surface area contributed by atoms with Crippen LogP contribution in [0.25, 0.3) is 0 Å². The number of aliphatic hydroxyl groups is 1. The molecule has 1 amide bonds. The maximum absolute atomic E-state index is 10.6. The van der Waals surface area contributed by atoms with Crippen LogP contribution >= 0.6 is 0 Å². The van der Waals surface area contributed by atoms with Crippen molar-refractivity contribution >= 4 is 5.91 Å². The summed E-state index contributed by atoms with van der Waals surface area (Å²) in [5.41, 5.74) is 0.148. The second-order valence-electron chi connectivity index (χ2n) is 4.65. The van der Waals surface area contributed by atoms with Gasteiger partial charge in [-0.1, -0.05) is 0 Å². The molecular weight excluding hydrogens is 208 g/mol. The van der Waals surface area contributed by atoms with Gasteiger partial charge < -0.3 is 20.5 Å². The lowest BCUT2D eigenvalue weighted by molar-refractivity contribution is -0.124. The number of amides is 1. The lowest BCUT2D eigenvalue weighted by Crippen LogP contribution is -2.36. The molecule has 0 heterocycles. The standard InChI is InChI=1S/C11H24N2O3/c1-11(2,3)13-5-4-7-16-8-6-12-10(15)9-14/h13-14H,4-9H2,1-3H3,(H,12,15). The monoisotopic (exact) mass is 232 g/mol. The Hall–Kier alpha value is -0.650. The predicted octanol–water partition coefficient (Wildman–Crippen LogP) is -0.110. The molecule has 3 N–H and O–H groups in total. The van der Waals surface area contributed by atoms with E-state index in [4.69, 9.17) is 9.84 Å². The molecule has 0 bridgehead atoms. The van der Waals surface area contributed by atoms with Gasteiger partial charge in [-0.3, -0.25) is 4.79 Å². The first-order valence-corrected chi connectivity index (χ1v) is 5.66. The van der Waals surface area contributed by atoms with Gasteiger partial charge in [0.2, 0.25) is 5.91 Å². The Kier molecular flexibility index (Phi) is 8.15. The molecule has 0 atom stereocenters. The maximum Gasteiger partial charge on any atom is 0.245 e. The topological polar surface area (TPSA) is 70.6 Å². The lowest BCUT2D eigenvalue weighted by atomic mass is 10.1. The molecule has 96 valence electrons. The van der Waals surface area contributed by atoms with Crippen molar-refractivity contribution in [3.05, 3.63) is 0 Å². The van der Waals surface area contributed by atoms with Crippen LogP contribution < -0.4 is 10.6 Å². The smallest absolute Gasteiger partial charge is 0.245 e.